The first-order chi connectivity index (χ1) is 15.6. The number of aryl methyl sites for hydroxylation is 1. The molecule has 32 heavy (non-hydrogen) atoms. The van der Waals surface area contributed by atoms with Crippen LogP contribution in [-0.2, 0) is 22.4 Å². The highest BCUT2D eigenvalue weighted by Crippen LogP contribution is 2.24. The molecule has 0 aromatic heterocycles. The molecule has 0 atom stereocenters. The van der Waals surface area contributed by atoms with Crippen LogP contribution in [0.2, 0.25) is 0 Å². The molecular weight excluding hydrogens is 406 g/mol. The predicted octanol–water partition coefficient (Wildman–Crippen LogP) is 3.39. The fourth-order valence-electron chi connectivity index (χ4n) is 4.18. The summed E-state index contributed by atoms with van der Waals surface area (Å²) in [5.74, 6) is 0.248. The number of nitrogens with zero attached hydrogens (tertiary/aromatic N) is 1. The van der Waals surface area contributed by atoms with Crippen molar-refractivity contribution in [2.75, 3.05) is 31.6 Å². The third-order valence-electron chi connectivity index (χ3n) is 6.15. The van der Waals surface area contributed by atoms with Crippen molar-refractivity contribution in [3.8, 4) is 0 Å². The molecule has 2 aromatic rings. The molecule has 7 heteroatoms. The van der Waals surface area contributed by atoms with E-state index in [2.05, 4.69) is 10.6 Å². The van der Waals surface area contributed by atoms with Crippen LogP contribution in [0.1, 0.15) is 40.7 Å². The summed E-state index contributed by atoms with van der Waals surface area (Å²) in [7, 11) is 0. The van der Waals surface area contributed by atoms with Gasteiger partial charge in [-0.25, -0.2) is 4.79 Å². The number of anilines is 1. The number of ether oxygens (including phenoxy) is 1. The van der Waals surface area contributed by atoms with E-state index in [1.807, 2.05) is 36.4 Å². The molecule has 0 spiro atoms. The van der Waals surface area contributed by atoms with Gasteiger partial charge >= 0.3 is 6.09 Å². The van der Waals surface area contributed by atoms with E-state index in [9.17, 15) is 14.4 Å². The Bertz CT molecular complexity index is 968. The average Bonchev–Trinajstić information content (AvgIpc) is 2.83. The fourth-order valence-corrected chi connectivity index (χ4v) is 4.18. The standard InChI is InChI=1S/C25H29N3O4/c29-23-9-7-20-16-21(6-8-22(20)27-23)24(30)26-17-19-10-13-28(14-11-19)25(31)32-15-12-18-4-2-1-3-5-18/h1-6,8,16,19H,7,9-15,17H2,(H,26,30)(H,27,29). The van der Waals surface area contributed by atoms with Gasteiger partial charge in [0.1, 0.15) is 0 Å². The SMILES string of the molecule is O=C1CCc2cc(C(=O)NCC3CCN(C(=O)OCCc4ccccc4)CC3)ccc2N1. The summed E-state index contributed by atoms with van der Waals surface area (Å²) in [4.78, 5) is 38.1. The summed E-state index contributed by atoms with van der Waals surface area (Å²) < 4.78 is 5.42. The van der Waals surface area contributed by atoms with Gasteiger partial charge in [0.2, 0.25) is 5.91 Å². The van der Waals surface area contributed by atoms with Gasteiger partial charge in [-0.15, -0.1) is 0 Å². The number of carbonyl (C=O) groups is 3. The molecular formula is C25H29N3O4. The predicted molar refractivity (Wildman–Crippen MR) is 122 cm³/mol. The Morgan fingerprint density at radius 2 is 1.84 bits per heavy atom. The van der Waals surface area contributed by atoms with Crippen LogP contribution in [-0.4, -0.2) is 49.0 Å². The molecule has 0 saturated carbocycles. The van der Waals surface area contributed by atoms with E-state index in [-0.39, 0.29) is 17.9 Å². The van der Waals surface area contributed by atoms with E-state index in [0.29, 0.717) is 57.0 Å². The van der Waals surface area contributed by atoms with Gasteiger partial charge in [-0.2, -0.15) is 0 Å². The van der Waals surface area contributed by atoms with Crippen molar-refractivity contribution in [1.82, 2.24) is 10.2 Å². The molecule has 4 rings (SSSR count). The lowest BCUT2D eigenvalue weighted by molar-refractivity contribution is -0.116. The Balaban J connectivity index is 1.17. The first-order valence-electron chi connectivity index (χ1n) is 11.2. The first kappa shape index (κ1) is 21.9. The number of likely N-dealkylation sites (tertiary alicyclic amines) is 1. The molecule has 0 aliphatic carbocycles. The lowest BCUT2D eigenvalue weighted by Crippen LogP contribution is -2.42. The number of rotatable bonds is 6. The van der Waals surface area contributed by atoms with E-state index in [1.54, 1.807) is 17.0 Å². The Hall–Kier alpha value is -3.35. The van der Waals surface area contributed by atoms with Crippen LogP contribution < -0.4 is 10.6 Å². The van der Waals surface area contributed by atoms with E-state index in [0.717, 1.165) is 29.7 Å². The minimum atomic E-state index is -0.260. The second kappa shape index (κ2) is 10.3. The van der Waals surface area contributed by atoms with E-state index in [1.165, 1.54) is 0 Å². The zero-order valence-electron chi connectivity index (χ0n) is 18.1. The highest BCUT2D eigenvalue weighted by molar-refractivity contribution is 5.97. The second-order valence-electron chi connectivity index (χ2n) is 8.41. The van der Waals surface area contributed by atoms with Crippen LogP contribution in [0, 0.1) is 5.92 Å². The van der Waals surface area contributed by atoms with Gasteiger partial charge in [0.25, 0.3) is 5.91 Å². The fraction of sp³-hybridized carbons (Fsp3) is 0.400. The van der Waals surface area contributed by atoms with Gasteiger partial charge in [-0.1, -0.05) is 30.3 Å². The Kier molecular flexibility index (Phi) is 7.04. The van der Waals surface area contributed by atoms with Crippen LogP contribution in [0.25, 0.3) is 0 Å². The number of nitrogens with one attached hydrogen (secondary N) is 2. The van der Waals surface area contributed by atoms with Crippen molar-refractivity contribution in [3.63, 3.8) is 0 Å². The Labute approximate surface area is 188 Å². The topological polar surface area (TPSA) is 87.7 Å². The minimum absolute atomic E-state index is 0.0149. The lowest BCUT2D eigenvalue weighted by Gasteiger charge is -2.31. The van der Waals surface area contributed by atoms with Crippen LogP contribution in [0.15, 0.2) is 48.5 Å². The molecule has 3 amide bonds. The van der Waals surface area contributed by atoms with E-state index < -0.39 is 0 Å². The summed E-state index contributed by atoms with van der Waals surface area (Å²) in [5.41, 5.74) is 3.55. The Morgan fingerprint density at radius 1 is 1.06 bits per heavy atom. The first-order valence-corrected chi connectivity index (χ1v) is 11.2. The average molecular weight is 436 g/mol. The van der Waals surface area contributed by atoms with E-state index >= 15 is 0 Å². The smallest absolute Gasteiger partial charge is 0.409 e. The quantitative estimate of drug-likeness (QED) is 0.728. The van der Waals surface area contributed by atoms with Crippen LogP contribution in [0.5, 0.6) is 0 Å². The monoisotopic (exact) mass is 435 g/mol. The van der Waals surface area contributed by atoms with Crippen molar-refractivity contribution < 1.29 is 19.1 Å². The van der Waals surface area contributed by atoms with Crippen molar-refractivity contribution in [3.05, 3.63) is 65.2 Å². The maximum atomic E-state index is 12.6. The van der Waals surface area contributed by atoms with Crippen molar-refractivity contribution in [1.29, 1.82) is 0 Å². The molecule has 2 N–H and O–H groups in total. The number of hydrogen-bond acceptors (Lipinski definition) is 4. The van der Waals surface area contributed by atoms with Gasteiger partial charge in [0, 0.05) is 43.7 Å². The van der Waals surface area contributed by atoms with Gasteiger partial charge < -0.3 is 20.3 Å². The number of benzene rings is 2. The number of carbonyl (C=O) groups excluding carboxylic acids is 3. The maximum Gasteiger partial charge on any atom is 0.409 e. The zero-order valence-corrected chi connectivity index (χ0v) is 18.1. The summed E-state index contributed by atoms with van der Waals surface area (Å²) in [6.45, 7) is 2.25. The van der Waals surface area contributed by atoms with E-state index in [4.69, 9.17) is 4.74 Å². The van der Waals surface area contributed by atoms with Crippen molar-refractivity contribution in [2.45, 2.75) is 32.1 Å². The normalized spacial score (nSPS) is 16.1. The highest BCUT2D eigenvalue weighted by atomic mass is 16.6. The van der Waals surface area contributed by atoms with Crippen LogP contribution in [0.3, 0.4) is 0 Å². The van der Waals surface area contributed by atoms with Crippen molar-refractivity contribution in [2.24, 2.45) is 5.92 Å². The van der Waals surface area contributed by atoms with Crippen LogP contribution >= 0.6 is 0 Å². The Morgan fingerprint density at radius 3 is 2.62 bits per heavy atom. The van der Waals surface area contributed by atoms with Gasteiger partial charge in [0.15, 0.2) is 0 Å². The molecule has 2 aliphatic rings. The number of piperidine rings is 1. The zero-order chi connectivity index (χ0) is 22.3. The van der Waals surface area contributed by atoms with Crippen LogP contribution in [0.4, 0.5) is 10.5 Å². The van der Waals surface area contributed by atoms with Gasteiger partial charge in [-0.3, -0.25) is 9.59 Å². The third kappa shape index (κ3) is 5.66. The largest absolute Gasteiger partial charge is 0.449 e. The second-order valence-corrected chi connectivity index (χ2v) is 8.41. The number of hydrogen-bond donors (Lipinski definition) is 2. The molecule has 0 unspecified atom stereocenters. The molecule has 2 heterocycles. The highest BCUT2D eigenvalue weighted by Gasteiger charge is 2.24. The van der Waals surface area contributed by atoms with Gasteiger partial charge in [0.05, 0.1) is 6.61 Å². The lowest BCUT2D eigenvalue weighted by atomic mass is 9.96. The summed E-state index contributed by atoms with van der Waals surface area (Å²) in [6, 6.07) is 15.4. The third-order valence-corrected chi connectivity index (χ3v) is 6.15. The number of amides is 3. The minimum Gasteiger partial charge on any atom is -0.449 e. The molecule has 7 nitrogen and oxygen atoms in total. The van der Waals surface area contributed by atoms with Gasteiger partial charge in [-0.05, 0) is 54.5 Å². The molecule has 0 radical (unpaired) electrons. The summed E-state index contributed by atoms with van der Waals surface area (Å²) in [5, 5.41) is 5.85. The molecule has 0 bridgehead atoms. The molecule has 168 valence electrons. The molecule has 1 fully saturated rings. The molecule has 1 saturated heterocycles. The number of fused-ring (bicyclic) bond motifs is 1. The summed E-state index contributed by atoms with van der Waals surface area (Å²) in [6.07, 6.45) is 3.23. The molecule has 2 aliphatic heterocycles. The molecule has 2 aromatic carbocycles. The maximum absolute atomic E-state index is 12.6. The summed E-state index contributed by atoms with van der Waals surface area (Å²) >= 11 is 0. The van der Waals surface area contributed by atoms with Crippen molar-refractivity contribution >= 4 is 23.6 Å².